The van der Waals surface area contributed by atoms with Crippen LogP contribution in [0.5, 0.6) is 0 Å². The lowest BCUT2D eigenvalue weighted by Gasteiger charge is -2.33. The van der Waals surface area contributed by atoms with E-state index < -0.39 is 30.6 Å². The lowest BCUT2D eigenvalue weighted by molar-refractivity contribution is -0.188. The standard InChI is InChI=1S/C17H16BrF3N2O3/c18-11-3-4-14-12(6-11)13(7-22-14)16(25)26-9-15(24)23-5-1-2-10(8-23)17(19,20)21/h3-4,6-7,10,22H,1-2,5,8-9H2/t10-/m0/s1. The summed E-state index contributed by atoms with van der Waals surface area (Å²) in [5.41, 5.74) is 0.997. The van der Waals surface area contributed by atoms with E-state index in [4.69, 9.17) is 4.74 Å². The van der Waals surface area contributed by atoms with Gasteiger partial charge in [-0.25, -0.2) is 4.79 Å². The monoisotopic (exact) mass is 432 g/mol. The number of H-pyrrole nitrogens is 1. The second-order valence-electron chi connectivity index (χ2n) is 6.19. The number of esters is 1. The van der Waals surface area contributed by atoms with Crippen LogP contribution < -0.4 is 0 Å². The molecule has 0 spiro atoms. The molecule has 0 bridgehead atoms. The van der Waals surface area contributed by atoms with Gasteiger partial charge >= 0.3 is 12.1 Å². The predicted octanol–water partition coefficient (Wildman–Crippen LogP) is 3.89. The molecular weight excluding hydrogens is 417 g/mol. The van der Waals surface area contributed by atoms with Crippen molar-refractivity contribution in [3.05, 3.63) is 34.4 Å². The van der Waals surface area contributed by atoms with Gasteiger partial charge in [0, 0.05) is 34.7 Å². The number of likely N-dealkylation sites (tertiary alicyclic amines) is 1. The molecule has 0 unspecified atom stereocenters. The number of nitrogens with zero attached hydrogens (tertiary/aromatic N) is 1. The maximum atomic E-state index is 12.8. The highest BCUT2D eigenvalue weighted by Gasteiger charge is 2.42. The van der Waals surface area contributed by atoms with Crippen LogP contribution in [-0.4, -0.2) is 47.6 Å². The van der Waals surface area contributed by atoms with Gasteiger partial charge in [0.25, 0.3) is 5.91 Å². The fourth-order valence-corrected chi connectivity index (χ4v) is 3.39. The van der Waals surface area contributed by atoms with Gasteiger partial charge < -0.3 is 14.6 Å². The molecule has 5 nitrogen and oxygen atoms in total. The summed E-state index contributed by atoms with van der Waals surface area (Å²) in [7, 11) is 0. The Kier molecular flexibility index (Phi) is 5.27. The molecule has 0 aliphatic carbocycles. The summed E-state index contributed by atoms with van der Waals surface area (Å²) in [6.07, 6.45) is -2.56. The van der Waals surface area contributed by atoms with Crippen LogP contribution in [0.2, 0.25) is 0 Å². The highest BCUT2D eigenvalue weighted by atomic mass is 79.9. The van der Waals surface area contributed by atoms with Gasteiger partial charge in [-0.2, -0.15) is 13.2 Å². The first-order valence-electron chi connectivity index (χ1n) is 8.04. The molecule has 1 amide bonds. The van der Waals surface area contributed by atoms with Crippen molar-refractivity contribution in [3.63, 3.8) is 0 Å². The van der Waals surface area contributed by atoms with Crippen LogP contribution in [0.25, 0.3) is 10.9 Å². The van der Waals surface area contributed by atoms with Crippen molar-refractivity contribution >= 4 is 38.7 Å². The van der Waals surface area contributed by atoms with Crippen molar-refractivity contribution in [2.45, 2.75) is 19.0 Å². The average Bonchev–Trinajstić information content (AvgIpc) is 3.01. The zero-order chi connectivity index (χ0) is 18.9. The number of benzene rings is 1. The number of aromatic amines is 1. The summed E-state index contributed by atoms with van der Waals surface area (Å²) in [6.45, 7) is -0.729. The van der Waals surface area contributed by atoms with E-state index >= 15 is 0 Å². The number of fused-ring (bicyclic) bond motifs is 1. The number of nitrogens with one attached hydrogen (secondary N) is 1. The molecule has 2 aromatic rings. The van der Waals surface area contributed by atoms with E-state index in [1.807, 2.05) is 6.07 Å². The molecule has 1 aromatic carbocycles. The smallest absolute Gasteiger partial charge is 0.393 e. The second-order valence-corrected chi connectivity index (χ2v) is 7.10. The molecule has 1 N–H and O–H groups in total. The number of carbonyl (C=O) groups is 2. The number of hydrogen-bond acceptors (Lipinski definition) is 3. The van der Waals surface area contributed by atoms with Crippen molar-refractivity contribution in [2.24, 2.45) is 5.92 Å². The fraction of sp³-hybridized carbons (Fsp3) is 0.412. The number of ether oxygens (including phenoxy) is 1. The molecule has 26 heavy (non-hydrogen) atoms. The van der Waals surface area contributed by atoms with Crippen LogP contribution in [-0.2, 0) is 9.53 Å². The summed E-state index contributed by atoms with van der Waals surface area (Å²) in [5.74, 6) is -2.85. The van der Waals surface area contributed by atoms with E-state index in [9.17, 15) is 22.8 Å². The van der Waals surface area contributed by atoms with Gasteiger partial charge in [0.05, 0.1) is 11.5 Å². The summed E-state index contributed by atoms with van der Waals surface area (Å²) in [6, 6.07) is 5.33. The van der Waals surface area contributed by atoms with Gasteiger partial charge in [0.2, 0.25) is 0 Å². The number of alkyl halides is 3. The number of amides is 1. The average molecular weight is 433 g/mol. The Morgan fingerprint density at radius 1 is 1.35 bits per heavy atom. The predicted molar refractivity (Wildman–Crippen MR) is 91.6 cm³/mol. The van der Waals surface area contributed by atoms with Crippen LogP contribution in [0.3, 0.4) is 0 Å². The lowest BCUT2D eigenvalue weighted by Crippen LogP contribution is -2.46. The van der Waals surface area contributed by atoms with Crippen molar-refractivity contribution in [1.82, 2.24) is 9.88 Å². The Labute approximate surface area is 155 Å². The van der Waals surface area contributed by atoms with Gasteiger partial charge in [-0.05, 0) is 31.0 Å². The Morgan fingerprint density at radius 2 is 2.12 bits per heavy atom. The molecule has 0 radical (unpaired) electrons. The normalized spacial score (nSPS) is 18.2. The highest BCUT2D eigenvalue weighted by molar-refractivity contribution is 9.10. The van der Waals surface area contributed by atoms with Gasteiger partial charge in [-0.1, -0.05) is 15.9 Å². The molecule has 1 saturated heterocycles. The number of rotatable bonds is 3. The maximum Gasteiger partial charge on any atom is 0.393 e. The minimum Gasteiger partial charge on any atom is -0.452 e. The lowest BCUT2D eigenvalue weighted by atomic mass is 9.97. The number of halogens is 4. The van der Waals surface area contributed by atoms with E-state index in [0.717, 1.165) is 14.9 Å². The molecule has 0 saturated carbocycles. The first-order valence-corrected chi connectivity index (χ1v) is 8.83. The largest absolute Gasteiger partial charge is 0.452 e. The molecule has 2 heterocycles. The number of piperidine rings is 1. The molecule has 1 fully saturated rings. The molecule has 1 aliphatic rings. The second kappa shape index (κ2) is 7.30. The SMILES string of the molecule is O=C(OCC(=O)N1CCC[C@H](C(F)(F)F)C1)c1c[nH]c2ccc(Br)cc12. The molecule has 9 heteroatoms. The van der Waals surface area contributed by atoms with Gasteiger partial charge in [0.1, 0.15) is 0 Å². The topological polar surface area (TPSA) is 62.4 Å². The minimum atomic E-state index is -4.33. The third-order valence-corrected chi connectivity index (χ3v) is 4.92. The van der Waals surface area contributed by atoms with E-state index in [2.05, 4.69) is 20.9 Å². The summed E-state index contributed by atoms with van der Waals surface area (Å²) in [4.78, 5) is 28.4. The summed E-state index contributed by atoms with van der Waals surface area (Å²) < 4.78 is 44.3. The van der Waals surface area contributed by atoms with E-state index in [1.54, 1.807) is 12.1 Å². The van der Waals surface area contributed by atoms with Crippen molar-refractivity contribution in [1.29, 1.82) is 0 Å². The van der Waals surface area contributed by atoms with Gasteiger partial charge in [0.15, 0.2) is 6.61 Å². The molecule has 1 aromatic heterocycles. The fourth-order valence-electron chi connectivity index (χ4n) is 3.03. The van der Waals surface area contributed by atoms with Crippen molar-refractivity contribution in [2.75, 3.05) is 19.7 Å². The van der Waals surface area contributed by atoms with Crippen LogP contribution in [0.15, 0.2) is 28.9 Å². The number of aromatic nitrogens is 1. The molecule has 1 aliphatic heterocycles. The number of hydrogen-bond donors (Lipinski definition) is 1. The molecule has 140 valence electrons. The van der Waals surface area contributed by atoms with Crippen molar-refractivity contribution in [3.8, 4) is 0 Å². The van der Waals surface area contributed by atoms with Crippen LogP contribution in [0.4, 0.5) is 13.2 Å². The quantitative estimate of drug-likeness (QED) is 0.748. The van der Waals surface area contributed by atoms with Crippen molar-refractivity contribution < 1.29 is 27.5 Å². The zero-order valence-corrected chi connectivity index (χ0v) is 15.2. The highest BCUT2D eigenvalue weighted by Crippen LogP contribution is 2.33. The molecule has 3 rings (SSSR count). The van der Waals surface area contributed by atoms with Gasteiger partial charge in [-0.3, -0.25) is 4.79 Å². The first-order chi connectivity index (χ1) is 12.3. The van der Waals surface area contributed by atoms with E-state index in [1.165, 1.54) is 6.20 Å². The minimum absolute atomic E-state index is 0.0112. The first kappa shape index (κ1) is 18.8. The van der Waals surface area contributed by atoms with E-state index in [-0.39, 0.29) is 31.5 Å². The van der Waals surface area contributed by atoms with Crippen LogP contribution in [0.1, 0.15) is 23.2 Å². The Balaban J connectivity index is 1.62. The Bertz CT molecular complexity index is 834. The number of carbonyl (C=O) groups excluding carboxylic acids is 2. The van der Waals surface area contributed by atoms with Crippen LogP contribution in [0, 0.1) is 5.92 Å². The van der Waals surface area contributed by atoms with Gasteiger partial charge in [-0.15, -0.1) is 0 Å². The Hall–Kier alpha value is -2.03. The maximum absolute atomic E-state index is 12.8. The molecular formula is C17H16BrF3N2O3. The van der Waals surface area contributed by atoms with Crippen LogP contribution >= 0.6 is 15.9 Å². The third-order valence-electron chi connectivity index (χ3n) is 4.43. The van der Waals surface area contributed by atoms with E-state index in [0.29, 0.717) is 5.39 Å². The molecule has 1 atom stereocenters. The summed E-state index contributed by atoms with van der Waals surface area (Å²) in [5, 5.41) is 0.631. The third kappa shape index (κ3) is 4.03. The Morgan fingerprint density at radius 3 is 2.85 bits per heavy atom. The zero-order valence-electron chi connectivity index (χ0n) is 13.6. The summed E-state index contributed by atoms with van der Waals surface area (Å²) >= 11 is 3.32.